The van der Waals surface area contributed by atoms with Gasteiger partial charge in [-0.25, -0.2) is 17.1 Å². The first-order valence-electron chi connectivity index (χ1n) is 9.95. The van der Waals surface area contributed by atoms with Crippen LogP contribution in [-0.4, -0.2) is 14.2 Å². The first-order chi connectivity index (χ1) is 14.8. The number of nitrogens with zero attached hydrogens (tertiary/aromatic N) is 1. The number of fused-ring (bicyclic) bond motifs is 1. The third-order valence-electron chi connectivity index (χ3n) is 5.34. The Kier molecular flexibility index (Phi) is 5.50. The Morgan fingerprint density at radius 3 is 2.26 bits per heavy atom. The maximum atomic E-state index is 13.8. The smallest absolute Gasteiger partial charge is 0.268 e. The molecule has 3 aromatic rings. The second-order valence-corrected chi connectivity index (χ2v) is 9.50. The molecule has 0 aliphatic carbocycles. The minimum absolute atomic E-state index is 0.00403. The molecule has 1 heterocycles. The van der Waals surface area contributed by atoms with Crippen LogP contribution >= 0.6 is 0 Å². The zero-order valence-electron chi connectivity index (χ0n) is 17.2. The first kappa shape index (κ1) is 21.0. The van der Waals surface area contributed by atoms with Crippen molar-refractivity contribution in [1.29, 1.82) is 0 Å². The number of hydrogen-bond acceptors (Lipinski definition) is 3. The highest BCUT2D eigenvalue weighted by atomic mass is 32.2. The van der Waals surface area contributed by atoms with E-state index in [-0.39, 0.29) is 23.0 Å². The first-order valence-corrected chi connectivity index (χ1v) is 11.4. The molecule has 1 aliphatic heterocycles. The fourth-order valence-corrected chi connectivity index (χ4v) is 5.39. The summed E-state index contributed by atoms with van der Waals surface area (Å²) in [6.07, 6.45) is 2.04. The molecule has 0 saturated heterocycles. The van der Waals surface area contributed by atoms with Crippen LogP contribution in [-0.2, 0) is 14.8 Å². The Labute approximate surface area is 181 Å². The molecule has 0 aromatic heterocycles. The lowest BCUT2D eigenvalue weighted by Gasteiger charge is -2.35. The summed E-state index contributed by atoms with van der Waals surface area (Å²) in [7, 11) is -3.97. The van der Waals surface area contributed by atoms with Gasteiger partial charge in [-0.2, -0.15) is 0 Å². The third-order valence-corrected chi connectivity index (χ3v) is 7.08. The Hall–Kier alpha value is -3.25. The Balaban J connectivity index is 1.96. The summed E-state index contributed by atoms with van der Waals surface area (Å²) in [5, 5.41) is 0. The number of benzene rings is 3. The van der Waals surface area contributed by atoms with Crippen molar-refractivity contribution in [2.45, 2.75) is 31.1 Å². The number of carbonyl (C=O) groups excluding carboxylic acids is 1. The number of rotatable bonds is 5. The normalized spacial score (nSPS) is 15.9. The van der Waals surface area contributed by atoms with Crippen LogP contribution in [0.5, 0.6) is 0 Å². The van der Waals surface area contributed by atoms with Gasteiger partial charge in [-0.1, -0.05) is 42.0 Å². The van der Waals surface area contributed by atoms with E-state index in [9.17, 15) is 17.6 Å². The van der Waals surface area contributed by atoms with Crippen molar-refractivity contribution in [3.05, 3.63) is 101 Å². The lowest BCUT2D eigenvalue weighted by atomic mass is 9.88. The van der Waals surface area contributed by atoms with Gasteiger partial charge in [-0.05, 0) is 67.4 Å². The molecule has 3 aromatic carbocycles. The van der Waals surface area contributed by atoms with Crippen molar-refractivity contribution in [2.24, 2.45) is 0 Å². The molecule has 0 bridgehead atoms. The molecule has 1 aliphatic rings. The Bertz CT molecular complexity index is 1260. The van der Waals surface area contributed by atoms with Gasteiger partial charge in [-0.15, -0.1) is 0 Å². The number of sulfonamides is 1. The van der Waals surface area contributed by atoms with E-state index in [1.165, 1.54) is 23.4 Å². The second kappa shape index (κ2) is 8.12. The molecule has 158 valence electrons. The van der Waals surface area contributed by atoms with Gasteiger partial charge in [0.25, 0.3) is 10.0 Å². The number of Topliss-reactive ketones (excluding diaryl/α,β-unsaturated/α-hetero) is 1. The van der Waals surface area contributed by atoms with Crippen LogP contribution in [0.3, 0.4) is 0 Å². The highest BCUT2D eigenvalue weighted by molar-refractivity contribution is 7.93. The van der Waals surface area contributed by atoms with Gasteiger partial charge in [0, 0.05) is 12.3 Å². The molecule has 0 N–H and O–H groups in total. The van der Waals surface area contributed by atoms with Crippen LogP contribution in [0.4, 0.5) is 10.1 Å². The van der Waals surface area contributed by atoms with Gasteiger partial charge < -0.3 is 0 Å². The lowest BCUT2D eigenvalue weighted by molar-refractivity contribution is -0.117. The van der Waals surface area contributed by atoms with E-state index < -0.39 is 15.8 Å². The number of halogens is 1. The molecule has 4 nitrogen and oxygen atoms in total. The summed E-state index contributed by atoms with van der Waals surface area (Å²) in [5.74, 6) is -0.684. The summed E-state index contributed by atoms with van der Waals surface area (Å²) in [5.41, 5.74) is 3.18. The number of anilines is 1. The van der Waals surface area contributed by atoms with Gasteiger partial charge in [0.15, 0.2) is 0 Å². The van der Waals surface area contributed by atoms with Gasteiger partial charge in [-0.3, -0.25) is 4.79 Å². The topological polar surface area (TPSA) is 54.5 Å². The summed E-state index contributed by atoms with van der Waals surface area (Å²) in [4.78, 5) is 12.1. The molecule has 0 fully saturated rings. The van der Waals surface area contributed by atoms with E-state index in [2.05, 4.69) is 0 Å². The molecule has 6 heteroatoms. The predicted octanol–water partition coefficient (Wildman–Crippen LogP) is 5.45. The molecule has 0 spiro atoms. The molecular weight excluding hydrogens is 413 g/mol. The Morgan fingerprint density at radius 1 is 0.968 bits per heavy atom. The number of ketones is 1. The summed E-state index contributed by atoms with van der Waals surface area (Å²) in [6.45, 7) is 3.41. The third kappa shape index (κ3) is 4.03. The molecule has 4 rings (SSSR count). The number of aryl methyl sites for hydroxylation is 1. The summed E-state index contributed by atoms with van der Waals surface area (Å²) in [6, 6.07) is 19.6. The molecule has 0 unspecified atom stereocenters. The van der Waals surface area contributed by atoms with E-state index in [1.807, 2.05) is 19.1 Å². The fraction of sp³-hybridized carbons (Fsp3) is 0.160. The number of allylic oxidation sites excluding steroid dienone is 1. The molecule has 0 radical (unpaired) electrons. The van der Waals surface area contributed by atoms with Crippen molar-refractivity contribution < 1.29 is 17.6 Å². The van der Waals surface area contributed by atoms with Gasteiger partial charge in [0.1, 0.15) is 11.6 Å². The lowest BCUT2D eigenvalue weighted by Crippen LogP contribution is -2.33. The second-order valence-electron chi connectivity index (χ2n) is 7.71. The van der Waals surface area contributed by atoms with Crippen LogP contribution in [0.2, 0.25) is 0 Å². The van der Waals surface area contributed by atoms with Gasteiger partial charge >= 0.3 is 0 Å². The average molecular weight is 436 g/mol. The van der Waals surface area contributed by atoms with E-state index >= 15 is 0 Å². The monoisotopic (exact) mass is 435 g/mol. The zero-order chi connectivity index (χ0) is 22.2. The van der Waals surface area contributed by atoms with E-state index in [0.717, 1.165) is 11.1 Å². The van der Waals surface area contributed by atoms with E-state index in [1.54, 1.807) is 54.6 Å². The van der Waals surface area contributed by atoms with Crippen LogP contribution in [0, 0.1) is 12.7 Å². The standard InChI is InChI=1S/C25H22FNO3S/c1-17-7-13-22(14-8-17)31(29,30)27-24-6-4-3-5-23(24)20(15-18(2)28)16-25(27)19-9-11-21(26)12-10-19/h3-14,16,20H,15H2,1-2H3/t20-/m1/s1. The van der Waals surface area contributed by atoms with E-state index in [0.29, 0.717) is 16.9 Å². The number of hydrogen-bond donors (Lipinski definition) is 0. The van der Waals surface area contributed by atoms with Crippen molar-refractivity contribution in [3.8, 4) is 0 Å². The summed E-state index contributed by atoms with van der Waals surface area (Å²) < 4.78 is 42.5. The largest absolute Gasteiger partial charge is 0.300 e. The molecule has 0 saturated carbocycles. The quantitative estimate of drug-likeness (QED) is 0.536. The van der Waals surface area contributed by atoms with E-state index in [4.69, 9.17) is 0 Å². The highest BCUT2D eigenvalue weighted by Gasteiger charge is 2.35. The summed E-state index contributed by atoms with van der Waals surface area (Å²) >= 11 is 0. The van der Waals surface area contributed by atoms with Gasteiger partial charge in [0.2, 0.25) is 0 Å². The van der Waals surface area contributed by atoms with Crippen LogP contribution in [0.25, 0.3) is 5.70 Å². The predicted molar refractivity (Wildman–Crippen MR) is 120 cm³/mol. The van der Waals surface area contributed by atoms with Crippen LogP contribution in [0.1, 0.15) is 36.0 Å². The van der Waals surface area contributed by atoms with Crippen molar-refractivity contribution in [1.82, 2.24) is 0 Å². The number of carbonyl (C=O) groups is 1. The zero-order valence-corrected chi connectivity index (χ0v) is 18.1. The number of para-hydroxylation sites is 1. The minimum atomic E-state index is -3.97. The molecule has 0 amide bonds. The highest BCUT2D eigenvalue weighted by Crippen LogP contribution is 2.44. The Morgan fingerprint density at radius 2 is 1.61 bits per heavy atom. The maximum absolute atomic E-state index is 13.8. The SMILES string of the molecule is CC(=O)C[C@@H]1C=C(c2ccc(F)cc2)N(S(=O)(=O)c2ccc(C)cc2)c2ccccc21. The fourth-order valence-electron chi connectivity index (χ4n) is 3.85. The molecule has 31 heavy (non-hydrogen) atoms. The van der Waals surface area contributed by atoms with Crippen LogP contribution < -0.4 is 4.31 Å². The van der Waals surface area contributed by atoms with Crippen molar-refractivity contribution in [3.63, 3.8) is 0 Å². The van der Waals surface area contributed by atoms with Gasteiger partial charge in [0.05, 0.1) is 16.3 Å². The molecular formula is C25H22FNO3S. The van der Waals surface area contributed by atoms with Crippen molar-refractivity contribution >= 4 is 27.2 Å². The van der Waals surface area contributed by atoms with Crippen molar-refractivity contribution in [2.75, 3.05) is 4.31 Å². The average Bonchev–Trinajstić information content (AvgIpc) is 2.74. The molecule has 1 atom stereocenters. The van der Waals surface area contributed by atoms with Crippen LogP contribution in [0.15, 0.2) is 83.8 Å². The maximum Gasteiger partial charge on any atom is 0.268 e. The minimum Gasteiger partial charge on any atom is -0.300 e.